The van der Waals surface area contributed by atoms with Crippen molar-refractivity contribution in [2.75, 3.05) is 0 Å². The van der Waals surface area contributed by atoms with E-state index in [0.717, 1.165) is 43.2 Å². The molecule has 0 unspecified atom stereocenters. The average Bonchev–Trinajstić information content (AvgIpc) is 2.85. The van der Waals surface area contributed by atoms with Gasteiger partial charge in [0.1, 0.15) is 5.75 Å². The van der Waals surface area contributed by atoms with E-state index in [9.17, 15) is 16.8 Å². The molecule has 8 nitrogen and oxygen atoms in total. The highest BCUT2D eigenvalue weighted by molar-refractivity contribution is 7.84. The van der Waals surface area contributed by atoms with Crippen molar-refractivity contribution in [3.8, 4) is 5.75 Å². The Morgan fingerprint density at radius 3 is 2.34 bits per heavy atom. The zero-order valence-corrected chi connectivity index (χ0v) is 20.8. The van der Waals surface area contributed by atoms with Gasteiger partial charge in [0.25, 0.3) is 0 Å². The van der Waals surface area contributed by atoms with Crippen molar-refractivity contribution >= 4 is 20.6 Å². The normalized spacial score (nSPS) is 33.8. The first-order valence-electron chi connectivity index (χ1n) is 11.2. The summed E-state index contributed by atoms with van der Waals surface area (Å²) in [6.07, 6.45) is 4.60. The second-order valence-corrected chi connectivity index (χ2v) is 13.0. The highest BCUT2D eigenvalue weighted by atomic mass is 32.2. The predicted octanol–water partition coefficient (Wildman–Crippen LogP) is 2.91. The van der Waals surface area contributed by atoms with Crippen LogP contribution in [-0.4, -0.2) is 22.9 Å². The lowest BCUT2D eigenvalue weighted by Gasteiger charge is -2.50. The summed E-state index contributed by atoms with van der Waals surface area (Å²) in [4.78, 5) is 0. The molecule has 5 atom stereocenters. The van der Waals surface area contributed by atoms with Gasteiger partial charge in [-0.15, -0.1) is 0 Å². The Hall–Kier alpha value is -1.20. The van der Waals surface area contributed by atoms with Crippen LogP contribution in [0.25, 0.3) is 0 Å². The van der Waals surface area contributed by atoms with Crippen molar-refractivity contribution < 1.29 is 25.2 Å². The van der Waals surface area contributed by atoms with Gasteiger partial charge in [-0.25, -0.2) is 5.14 Å². The maximum atomic E-state index is 11.8. The molecule has 0 radical (unpaired) electrons. The fraction of sp³-hybridized carbons (Fsp3) is 0.727. The summed E-state index contributed by atoms with van der Waals surface area (Å²) in [5.74, 6) is 1.39. The molecule has 0 aliphatic heterocycles. The first kappa shape index (κ1) is 23.9. The largest absolute Gasteiger partial charge is 0.380 e. The molecule has 1 aromatic carbocycles. The minimum absolute atomic E-state index is 0.265. The molecule has 4 rings (SSSR count). The van der Waals surface area contributed by atoms with Crippen LogP contribution in [0.15, 0.2) is 12.1 Å². The third-order valence-corrected chi connectivity index (χ3v) is 9.09. The van der Waals surface area contributed by atoms with Crippen LogP contribution in [0.3, 0.4) is 0 Å². The minimum atomic E-state index is -4.09. The van der Waals surface area contributed by atoms with Crippen molar-refractivity contribution in [2.24, 2.45) is 32.9 Å². The molecule has 2 fully saturated rings. The van der Waals surface area contributed by atoms with Gasteiger partial charge in [0, 0.05) is 0 Å². The van der Waals surface area contributed by atoms with Gasteiger partial charge in [0.15, 0.2) is 0 Å². The number of nitrogens with two attached hydrogens (primary N) is 2. The standard InChI is InChI=1S/C22H34N2O6S2/c1-5-13-10-17-14(11-19(13)29-31(23,25)26)6-7-16-15(17)8-9-22(4)18(16)12-21(2,3)20(22)30-32(24,27)28/h10-11,15-16,18,20H,5-9,12H2,1-4H3,(H2,23,25,26)(H2,24,27,28)/t15-,16+,18-,20-,22-/m0/s1. The molecule has 0 heterocycles. The number of aryl methyl sites for hydroxylation is 2. The second kappa shape index (κ2) is 7.66. The van der Waals surface area contributed by atoms with E-state index in [0.29, 0.717) is 29.9 Å². The Balaban J connectivity index is 1.70. The lowest BCUT2D eigenvalue weighted by Crippen LogP contribution is -2.47. The molecule has 4 N–H and O–H groups in total. The molecule has 2 saturated carbocycles. The highest BCUT2D eigenvalue weighted by Crippen LogP contribution is 2.66. The molecule has 10 heteroatoms. The van der Waals surface area contributed by atoms with Crippen molar-refractivity contribution in [1.29, 1.82) is 0 Å². The molecule has 32 heavy (non-hydrogen) atoms. The summed E-state index contributed by atoms with van der Waals surface area (Å²) in [6.45, 7) is 8.27. The molecular weight excluding hydrogens is 452 g/mol. The molecule has 0 aromatic heterocycles. The molecule has 0 amide bonds. The Kier molecular flexibility index (Phi) is 5.73. The number of hydrogen-bond acceptors (Lipinski definition) is 6. The van der Waals surface area contributed by atoms with Crippen LogP contribution in [0.4, 0.5) is 0 Å². The monoisotopic (exact) mass is 486 g/mol. The smallest absolute Gasteiger partial charge is 0.371 e. The topological polar surface area (TPSA) is 139 Å². The third kappa shape index (κ3) is 4.20. The maximum Gasteiger partial charge on any atom is 0.380 e. The van der Waals surface area contributed by atoms with Crippen LogP contribution in [0.1, 0.15) is 76.0 Å². The summed E-state index contributed by atoms with van der Waals surface area (Å²) in [7, 11) is -8.13. The Bertz CT molecular complexity index is 1130. The van der Waals surface area contributed by atoms with Gasteiger partial charge in [-0.2, -0.15) is 22.0 Å². The fourth-order valence-electron chi connectivity index (χ4n) is 7.12. The van der Waals surface area contributed by atoms with Gasteiger partial charge >= 0.3 is 20.6 Å². The highest BCUT2D eigenvalue weighted by Gasteiger charge is 2.62. The zero-order chi connectivity index (χ0) is 23.7. The van der Waals surface area contributed by atoms with E-state index in [-0.39, 0.29) is 10.8 Å². The minimum Gasteiger partial charge on any atom is -0.371 e. The van der Waals surface area contributed by atoms with E-state index in [1.807, 2.05) is 13.0 Å². The molecule has 0 saturated heterocycles. The SMILES string of the molecule is CCc1cc2c(cc1OS(N)(=O)=O)CC[C@@H]1[C@@H]2CC[C@@]2(C)[C@H]1CC(C)(C)[C@@H]2OS(N)(=O)=O. The van der Waals surface area contributed by atoms with E-state index in [4.69, 9.17) is 18.6 Å². The van der Waals surface area contributed by atoms with Gasteiger partial charge in [-0.05, 0) is 89.9 Å². The fourth-order valence-corrected chi connectivity index (χ4v) is 8.28. The summed E-state index contributed by atoms with van der Waals surface area (Å²) < 4.78 is 57.2. The lowest BCUT2D eigenvalue weighted by atomic mass is 9.55. The first-order valence-corrected chi connectivity index (χ1v) is 14.2. The number of rotatable bonds is 5. The molecule has 0 bridgehead atoms. The van der Waals surface area contributed by atoms with E-state index in [1.54, 1.807) is 0 Å². The summed E-state index contributed by atoms with van der Waals surface area (Å²) >= 11 is 0. The Morgan fingerprint density at radius 1 is 1.06 bits per heavy atom. The van der Waals surface area contributed by atoms with Crippen LogP contribution in [0.5, 0.6) is 5.75 Å². The summed E-state index contributed by atoms with van der Waals surface area (Å²) in [5, 5.41) is 10.4. The first-order chi connectivity index (χ1) is 14.6. The predicted molar refractivity (Wildman–Crippen MR) is 121 cm³/mol. The molecule has 1 aromatic rings. The van der Waals surface area contributed by atoms with Crippen molar-refractivity contribution in [2.45, 2.75) is 78.2 Å². The van der Waals surface area contributed by atoms with Gasteiger partial charge < -0.3 is 4.18 Å². The molecule has 0 spiro atoms. The number of hydrogen-bond donors (Lipinski definition) is 2. The second-order valence-electron chi connectivity index (χ2n) is 10.7. The molecule has 3 aliphatic rings. The van der Waals surface area contributed by atoms with E-state index >= 15 is 0 Å². The van der Waals surface area contributed by atoms with E-state index in [2.05, 4.69) is 26.8 Å². The van der Waals surface area contributed by atoms with Crippen LogP contribution in [0.2, 0.25) is 0 Å². The van der Waals surface area contributed by atoms with Crippen LogP contribution in [0, 0.1) is 22.7 Å². The average molecular weight is 487 g/mol. The molecular formula is C22H34N2O6S2. The molecule has 3 aliphatic carbocycles. The summed E-state index contributed by atoms with van der Waals surface area (Å²) in [6, 6.07) is 3.93. The van der Waals surface area contributed by atoms with E-state index in [1.165, 1.54) is 5.56 Å². The number of benzene rings is 1. The van der Waals surface area contributed by atoms with Crippen LogP contribution >= 0.6 is 0 Å². The van der Waals surface area contributed by atoms with Crippen molar-refractivity contribution in [3.63, 3.8) is 0 Å². The Labute approximate surface area is 191 Å². The summed E-state index contributed by atoms with van der Waals surface area (Å²) in [5.41, 5.74) is 2.63. The Morgan fingerprint density at radius 2 is 1.75 bits per heavy atom. The van der Waals surface area contributed by atoms with Gasteiger partial charge in [-0.3, -0.25) is 4.18 Å². The van der Waals surface area contributed by atoms with Crippen molar-refractivity contribution in [3.05, 3.63) is 28.8 Å². The number of fused-ring (bicyclic) bond motifs is 5. The quantitative estimate of drug-likeness (QED) is 0.656. The van der Waals surface area contributed by atoms with Crippen LogP contribution in [-0.2, 0) is 37.6 Å². The van der Waals surface area contributed by atoms with Gasteiger partial charge in [-0.1, -0.05) is 33.8 Å². The van der Waals surface area contributed by atoms with Gasteiger partial charge in [0.05, 0.1) is 6.10 Å². The lowest BCUT2D eigenvalue weighted by molar-refractivity contribution is -0.0276. The maximum absolute atomic E-state index is 11.8. The van der Waals surface area contributed by atoms with E-state index < -0.39 is 26.7 Å². The molecule has 180 valence electrons. The van der Waals surface area contributed by atoms with Gasteiger partial charge in [0.2, 0.25) is 0 Å². The zero-order valence-electron chi connectivity index (χ0n) is 19.1. The van der Waals surface area contributed by atoms with Crippen molar-refractivity contribution in [1.82, 2.24) is 0 Å². The third-order valence-electron chi connectivity index (χ3n) is 8.22. The van der Waals surface area contributed by atoms with Crippen LogP contribution < -0.4 is 14.5 Å².